The zero-order chi connectivity index (χ0) is 11.3. The van der Waals surface area contributed by atoms with Gasteiger partial charge in [-0.15, -0.1) is 11.8 Å². The molecule has 1 nitrogen and oxygen atoms in total. The molecule has 0 saturated carbocycles. The van der Waals surface area contributed by atoms with Gasteiger partial charge in [-0.3, -0.25) is 0 Å². The van der Waals surface area contributed by atoms with Crippen molar-refractivity contribution in [3.63, 3.8) is 0 Å². The third-order valence-electron chi connectivity index (χ3n) is 2.45. The molecule has 15 heavy (non-hydrogen) atoms. The second kappa shape index (κ2) is 6.41. The van der Waals surface area contributed by atoms with Gasteiger partial charge in [-0.05, 0) is 18.1 Å². The van der Waals surface area contributed by atoms with Gasteiger partial charge in [0.15, 0.2) is 0 Å². The second-order valence-electron chi connectivity index (χ2n) is 3.70. The van der Waals surface area contributed by atoms with Crippen molar-refractivity contribution in [2.75, 3.05) is 5.75 Å². The normalized spacial score (nSPS) is 12.8. The van der Waals surface area contributed by atoms with E-state index in [-0.39, 0.29) is 6.61 Å². The molecule has 0 bridgehead atoms. The van der Waals surface area contributed by atoms with E-state index in [2.05, 4.69) is 13.8 Å². The van der Waals surface area contributed by atoms with Crippen LogP contribution in [0.15, 0.2) is 23.1 Å². The molecule has 1 N–H and O–H groups in total. The molecule has 1 rings (SSSR count). The van der Waals surface area contributed by atoms with Crippen LogP contribution in [0, 0.1) is 5.92 Å². The summed E-state index contributed by atoms with van der Waals surface area (Å²) in [5.74, 6) is 1.77. The van der Waals surface area contributed by atoms with Crippen LogP contribution >= 0.6 is 23.4 Å². The van der Waals surface area contributed by atoms with E-state index in [9.17, 15) is 5.11 Å². The highest BCUT2D eigenvalue weighted by Gasteiger charge is 2.07. The molecule has 3 heteroatoms. The van der Waals surface area contributed by atoms with E-state index >= 15 is 0 Å². The maximum Gasteiger partial charge on any atom is 0.0707 e. The highest BCUT2D eigenvalue weighted by atomic mass is 35.5. The summed E-state index contributed by atoms with van der Waals surface area (Å²) >= 11 is 7.78. The van der Waals surface area contributed by atoms with E-state index in [4.69, 9.17) is 11.6 Å². The first-order valence-corrected chi connectivity index (χ1v) is 6.56. The monoisotopic (exact) mass is 244 g/mol. The molecular weight excluding hydrogens is 228 g/mol. The van der Waals surface area contributed by atoms with Gasteiger partial charge in [-0.25, -0.2) is 0 Å². The van der Waals surface area contributed by atoms with Crippen molar-refractivity contribution < 1.29 is 5.11 Å². The van der Waals surface area contributed by atoms with Gasteiger partial charge in [0.1, 0.15) is 0 Å². The van der Waals surface area contributed by atoms with E-state index in [1.54, 1.807) is 11.8 Å². The molecule has 0 amide bonds. The van der Waals surface area contributed by atoms with Crippen molar-refractivity contribution in [2.24, 2.45) is 5.92 Å². The van der Waals surface area contributed by atoms with Crippen LogP contribution in [0.1, 0.15) is 25.8 Å². The quantitative estimate of drug-likeness (QED) is 0.791. The van der Waals surface area contributed by atoms with Crippen molar-refractivity contribution in [3.8, 4) is 0 Å². The van der Waals surface area contributed by atoms with Crippen molar-refractivity contribution in [1.29, 1.82) is 0 Å². The number of aliphatic hydroxyl groups excluding tert-OH is 1. The lowest BCUT2D eigenvalue weighted by Gasteiger charge is -2.11. The minimum Gasteiger partial charge on any atom is -0.392 e. The summed E-state index contributed by atoms with van der Waals surface area (Å²) in [6.07, 6.45) is 1.18. The smallest absolute Gasteiger partial charge is 0.0707 e. The third kappa shape index (κ3) is 3.71. The summed E-state index contributed by atoms with van der Waals surface area (Å²) in [7, 11) is 0. The maximum absolute atomic E-state index is 9.22. The van der Waals surface area contributed by atoms with Gasteiger partial charge in [-0.1, -0.05) is 37.9 Å². The summed E-state index contributed by atoms with van der Waals surface area (Å²) in [5.41, 5.74) is 0.854. The first-order chi connectivity index (χ1) is 7.19. The number of rotatable bonds is 5. The Morgan fingerprint density at radius 1 is 1.47 bits per heavy atom. The molecule has 0 aliphatic carbocycles. The van der Waals surface area contributed by atoms with Gasteiger partial charge in [0.2, 0.25) is 0 Å². The van der Waals surface area contributed by atoms with Crippen molar-refractivity contribution in [1.82, 2.24) is 0 Å². The van der Waals surface area contributed by atoms with Gasteiger partial charge in [-0.2, -0.15) is 0 Å². The Kier molecular flexibility index (Phi) is 5.51. The Balaban J connectivity index is 2.72. The molecule has 0 saturated heterocycles. The fraction of sp³-hybridized carbons (Fsp3) is 0.500. The van der Waals surface area contributed by atoms with E-state index in [1.807, 2.05) is 18.2 Å². The minimum absolute atomic E-state index is 0.0164. The molecule has 0 aliphatic heterocycles. The molecule has 1 atom stereocenters. The SMILES string of the molecule is CCC(C)CSc1cccc(Cl)c1CO. The highest BCUT2D eigenvalue weighted by molar-refractivity contribution is 7.99. The van der Waals surface area contributed by atoms with Gasteiger partial charge >= 0.3 is 0 Å². The molecule has 84 valence electrons. The number of benzene rings is 1. The Morgan fingerprint density at radius 3 is 2.80 bits per heavy atom. The van der Waals surface area contributed by atoms with Gasteiger partial charge in [0, 0.05) is 21.2 Å². The Labute approximate surface area is 101 Å². The molecule has 1 unspecified atom stereocenters. The zero-order valence-electron chi connectivity index (χ0n) is 9.16. The topological polar surface area (TPSA) is 20.2 Å². The van der Waals surface area contributed by atoms with Crippen LogP contribution in [0.25, 0.3) is 0 Å². The standard InChI is InChI=1S/C12H17ClOS/c1-3-9(2)8-15-12-6-4-5-11(13)10(12)7-14/h4-6,9,14H,3,7-8H2,1-2H3. The van der Waals surface area contributed by atoms with Crippen LogP contribution in [0.3, 0.4) is 0 Å². The number of thioether (sulfide) groups is 1. The van der Waals surface area contributed by atoms with Crippen molar-refractivity contribution >= 4 is 23.4 Å². The van der Waals surface area contributed by atoms with E-state index in [0.717, 1.165) is 16.2 Å². The lowest BCUT2D eigenvalue weighted by molar-refractivity contribution is 0.279. The number of halogens is 1. The van der Waals surface area contributed by atoms with Crippen LogP contribution in [0.4, 0.5) is 0 Å². The summed E-state index contributed by atoms with van der Waals surface area (Å²) in [5, 5.41) is 9.88. The number of hydrogen-bond donors (Lipinski definition) is 1. The average molecular weight is 245 g/mol. The molecule has 0 fully saturated rings. The number of hydrogen-bond acceptors (Lipinski definition) is 2. The first-order valence-electron chi connectivity index (χ1n) is 5.20. The van der Waals surface area contributed by atoms with E-state index in [0.29, 0.717) is 10.9 Å². The summed E-state index contributed by atoms with van der Waals surface area (Å²) < 4.78 is 0. The van der Waals surface area contributed by atoms with E-state index < -0.39 is 0 Å². The minimum atomic E-state index is 0.0164. The summed E-state index contributed by atoms with van der Waals surface area (Å²) in [6.45, 7) is 4.44. The van der Waals surface area contributed by atoms with Gasteiger partial charge in [0.25, 0.3) is 0 Å². The van der Waals surface area contributed by atoms with Crippen LogP contribution in [0.5, 0.6) is 0 Å². The number of aliphatic hydroxyl groups is 1. The van der Waals surface area contributed by atoms with Gasteiger partial charge < -0.3 is 5.11 Å². The van der Waals surface area contributed by atoms with Gasteiger partial charge in [0.05, 0.1) is 6.61 Å². The molecule has 0 aromatic heterocycles. The molecule has 0 radical (unpaired) electrons. The molecule has 0 spiro atoms. The summed E-state index contributed by atoms with van der Waals surface area (Å²) in [4.78, 5) is 1.10. The fourth-order valence-electron chi connectivity index (χ4n) is 1.18. The maximum atomic E-state index is 9.22. The summed E-state index contributed by atoms with van der Waals surface area (Å²) in [6, 6.07) is 5.77. The van der Waals surface area contributed by atoms with E-state index in [1.165, 1.54) is 6.42 Å². The fourth-order valence-corrected chi connectivity index (χ4v) is 2.69. The van der Waals surface area contributed by atoms with Crippen LogP contribution in [-0.2, 0) is 6.61 Å². The second-order valence-corrected chi connectivity index (χ2v) is 5.17. The van der Waals surface area contributed by atoms with Crippen LogP contribution in [0.2, 0.25) is 5.02 Å². The Hall–Kier alpha value is -0.180. The molecule has 0 heterocycles. The average Bonchev–Trinajstić information content (AvgIpc) is 2.25. The van der Waals surface area contributed by atoms with Crippen molar-refractivity contribution in [2.45, 2.75) is 31.8 Å². The van der Waals surface area contributed by atoms with Crippen LogP contribution < -0.4 is 0 Å². The third-order valence-corrected chi connectivity index (χ3v) is 4.24. The molecule has 1 aromatic rings. The van der Waals surface area contributed by atoms with Crippen LogP contribution in [-0.4, -0.2) is 10.9 Å². The van der Waals surface area contributed by atoms with Crippen molar-refractivity contribution in [3.05, 3.63) is 28.8 Å². The zero-order valence-corrected chi connectivity index (χ0v) is 10.7. The Bertz CT molecular complexity index is 314. The molecule has 1 aromatic carbocycles. The first kappa shape index (κ1) is 12.9. The predicted molar refractivity (Wildman–Crippen MR) is 67.6 cm³/mol. The Morgan fingerprint density at radius 2 is 2.20 bits per heavy atom. The largest absolute Gasteiger partial charge is 0.392 e. The lowest BCUT2D eigenvalue weighted by Crippen LogP contribution is -1.97. The lowest BCUT2D eigenvalue weighted by atomic mass is 10.2. The molecular formula is C12H17ClOS. The highest BCUT2D eigenvalue weighted by Crippen LogP contribution is 2.30. The molecule has 0 aliphatic rings. The predicted octanol–water partition coefficient (Wildman–Crippen LogP) is 3.97.